The third-order valence-corrected chi connectivity index (χ3v) is 4.59. The molecule has 0 aliphatic heterocycles. The van der Waals surface area contributed by atoms with Crippen LogP contribution in [0.15, 0.2) is 9.85 Å². The first-order valence-corrected chi connectivity index (χ1v) is 7.18. The quantitative estimate of drug-likeness (QED) is 0.801. The summed E-state index contributed by atoms with van der Waals surface area (Å²) < 4.78 is 1.23. The monoisotopic (exact) mass is 299 g/mol. The van der Waals surface area contributed by atoms with Crippen LogP contribution in [0.5, 0.6) is 0 Å². The summed E-state index contributed by atoms with van der Waals surface area (Å²) >= 11 is 5.39. The molecule has 1 aromatic rings. The van der Waals surface area contributed by atoms with E-state index in [0.29, 0.717) is 6.04 Å². The van der Waals surface area contributed by atoms with E-state index in [1.54, 1.807) is 0 Å². The van der Waals surface area contributed by atoms with Gasteiger partial charge in [0.2, 0.25) is 0 Å². The molecule has 16 heavy (non-hydrogen) atoms. The fourth-order valence-electron chi connectivity index (χ4n) is 1.45. The average molecular weight is 300 g/mol. The SMILES string of the molecule is CC#CCC(NCCC)c1cc(C)c(Br)s1. The summed E-state index contributed by atoms with van der Waals surface area (Å²) in [5.41, 5.74) is 1.31. The molecule has 0 spiro atoms. The van der Waals surface area contributed by atoms with Crippen molar-refractivity contribution in [3.8, 4) is 11.8 Å². The predicted octanol–water partition coefficient (Wildman–Crippen LogP) is 4.27. The van der Waals surface area contributed by atoms with Crippen LogP contribution in [0.1, 0.15) is 43.2 Å². The van der Waals surface area contributed by atoms with Crippen LogP contribution in [-0.2, 0) is 0 Å². The van der Waals surface area contributed by atoms with Crippen molar-refractivity contribution in [1.29, 1.82) is 0 Å². The Bertz CT molecular complexity index is 367. The standard InChI is InChI=1S/C13H18BrNS/c1-4-6-7-11(15-8-5-2)12-9-10(3)13(14)16-12/h9,11,15H,5,7-8H2,1-3H3. The zero-order valence-electron chi connectivity index (χ0n) is 10.1. The second-order valence-electron chi connectivity index (χ2n) is 3.74. The summed E-state index contributed by atoms with van der Waals surface area (Å²) in [6.07, 6.45) is 2.05. The molecule has 0 aromatic carbocycles. The molecular formula is C13H18BrNS. The van der Waals surface area contributed by atoms with E-state index in [4.69, 9.17) is 0 Å². The molecule has 1 atom stereocenters. The highest BCUT2D eigenvalue weighted by Gasteiger charge is 2.13. The van der Waals surface area contributed by atoms with Gasteiger partial charge in [0.15, 0.2) is 0 Å². The van der Waals surface area contributed by atoms with Crippen molar-refractivity contribution < 1.29 is 0 Å². The van der Waals surface area contributed by atoms with Crippen LogP contribution in [0.2, 0.25) is 0 Å². The molecule has 1 N–H and O–H groups in total. The first-order valence-electron chi connectivity index (χ1n) is 5.57. The van der Waals surface area contributed by atoms with Gasteiger partial charge in [-0.1, -0.05) is 6.92 Å². The summed E-state index contributed by atoms with van der Waals surface area (Å²) in [5.74, 6) is 6.13. The number of halogens is 1. The molecule has 0 aliphatic carbocycles. The Kier molecular flexibility index (Phi) is 6.12. The Balaban J connectivity index is 2.76. The Labute approximate surface area is 111 Å². The number of thiophene rings is 1. The van der Waals surface area contributed by atoms with Crippen LogP contribution in [0.25, 0.3) is 0 Å². The zero-order valence-corrected chi connectivity index (χ0v) is 12.5. The smallest absolute Gasteiger partial charge is 0.0731 e. The molecule has 0 radical (unpaired) electrons. The Hall–Kier alpha value is -0.300. The second-order valence-corrected chi connectivity index (χ2v) is 6.14. The molecule has 1 rings (SSSR count). The number of nitrogens with one attached hydrogen (secondary N) is 1. The zero-order chi connectivity index (χ0) is 12.0. The number of hydrogen-bond acceptors (Lipinski definition) is 2. The van der Waals surface area contributed by atoms with Crippen LogP contribution < -0.4 is 5.32 Å². The van der Waals surface area contributed by atoms with Gasteiger partial charge in [0.05, 0.1) is 9.83 Å². The van der Waals surface area contributed by atoms with Crippen molar-refractivity contribution in [3.63, 3.8) is 0 Å². The predicted molar refractivity (Wildman–Crippen MR) is 75.9 cm³/mol. The van der Waals surface area contributed by atoms with Crippen molar-refractivity contribution in [2.75, 3.05) is 6.54 Å². The van der Waals surface area contributed by atoms with Gasteiger partial charge in [-0.15, -0.1) is 23.2 Å². The second kappa shape index (κ2) is 7.11. The summed E-state index contributed by atoms with van der Waals surface area (Å²) in [7, 11) is 0. The molecule has 88 valence electrons. The maximum Gasteiger partial charge on any atom is 0.0731 e. The Morgan fingerprint density at radius 2 is 2.31 bits per heavy atom. The van der Waals surface area contributed by atoms with Crippen molar-refractivity contribution in [3.05, 3.63) is 20.3 Å². The first kappa shape index (κ1) is 13.8. The Morgan fingerprint density at radius 1 is 1.56 bits per heavy atom. The van der Waals surface area contributed by atoms with Crippen LogP contribution in [0.4, 0.5) is 0 Å². The van der Waals surface area contributed by atoms with E-state index in [2.05, 4.69) is 53.0 Å². The minimum absolute atomic E-state index is 0.377. The Morgan fingerprint density at radius 3 is 2.81 bits per heavy atom. The van der Waals surface area contributed by atoms with Crippen molar-refractivity contribution >= 4 is 27.3 Å². The molecule has 0 bridgehead atoms. The maximum absolute atomic E-state index is 3.58. The highest BCUT2D eigenvalue weighted by Crippen LogP contribution is 2.32. The summed E-state index contributed by atoms with van der Waals surface area (Å²) in [4.78, 5) is 1.38. The lowest BCUT2D eigenvalue weighted by Crippen LogP contribution is -2.20. The van der Waals surface area contributed by atoms with Gasteiger partial charge in [-0.3, -0.25) is 0 Å². The van der Waals surface area contributed by atoms with Gasteiger partial charge in [0, 0.05) is 11.3 Å². The number of rotatable bonds is 5. The molecular weight excluding hydrogens is 282 g/mol. The minimum atomic E-state index is 0.377. The lowest BCUT2D eigenvalue weighted by molar-refractivity contribution is 0.550. The van der Waals surface area contributed by atoms with E-state index < -0.39 is 0 Å². The molecule has 1 nitrogen and oxygen atoms in total. The molecule has 1 heterocycles. The fourth-order valence-corrected chi connectivity index (χ4v) is 3.10. The fraction of sp³-hybridized carbons (Fsp3) is 0.538. The van der Waals surface area contributed by atoms with E-state index in [-0.39, 0.29) is 0 Å². The lowest BCUT2D eigenvalue weighted by Gasteiger charge is -2.13. The minimum Gasteiger partial charge on any atom is -0.308 e. The van der Waals surface area contributed by atoms with E-state index in [1.165, 1.54) is 14.2 Å². The van der Waals surface area contributed by atoms with Crippen molar-refractivity contribution in [2.24, 2.45) is 0 Å². The van der Waals surface area contributed by atoms with Gasteiger partial charge in [-0.25, -0.2) is 0 Å². The van der Waals surface area contributed by atoms with E-state index >= 15 is 0 Å². The van der Waals surface area contributed by atoms with Gasteiger partial charge in [0.25, 0.3) is 0 Å². The summed E-state index contributed by atoms with van der Waals surface area (Å²) in [6.45, 7) is 7.26. The normalized spacial score (nSPS) is 12.0. The van der Waals surface area contributed by atoms with Crippen LogP contribution in [0.3, 0.4) is 0 Å². The first-order chi connectivity index (χ1) is 7.69. The van der Waals surface area contributed by atoms with Gasteiger partial charge in [-0.05, 0) is 54.4 Å². The molecule has 1 aromatic heterocycles. The van der Waals surface area contributed by atoms with Gasteiger partial charge >= 0.3 is 0 Å². The van der Waals surface area contributed by atoms with E-state index in [0.717, 1.165) is 19.4 Å². The number of hydrogen-bond donors (Lipinski definition) is 1. The summed E-state index contributed by atoms with van der Waals surface area (Å²) in [5, 5.41) is 3.55. The maximum atomic E-state index is 3.58. The van der Waals surface area contributed by atoms with Gasteiger partial charge < -0.3 is 5.32 Å². The van der Waals surface area contributed by atoms with Crippen LogP contribution >= 0.6 is 27.3 Å². The molecule has 0 fully saturated rings. The van der Waals surface area contributed by atoms with Crippen molar-refractivity contribution in [2.45, 2.75) is 39.7 Å². The number of aryl methyl sites for hydroxylation is 1. The van der Waals surface area contributed by atoms with E-state index in [9.17, 15) is 0 Å². The third kappa shape index (κ3) is 3.93. The summed E-state index contributed by atoms with van der Waals surface area (Å²) in [6, 6.07) is 2.63. The van der Waals surface area contributed by atoms with Crippen LogP contribution in [0, 0.1) is 18.8 Å². The van der Waals surface area contributed by atoms with E-state index in [1.807, 2.05) is 18.3 Å². The molecule has 0 saturated heterocycles. The lowest BCUT2D eigenvalue weighted by atomic mass is 10.1. The van der Waals surface area contributed by atoms with Crippen molar-refractivity contribution in [1.82, 2.24) is 5.32 Å². The molecule has 3 heteroatoms. The highest BCUT2D eigenvalue weighted by atomic mass is 79.9. The van der Waals surface area contributed by atoms with Crippen LogP contribution in [-0.4, -0.2) is 6.54 Å². The average Bonchev–Trinajstić information content (AvgIpc) is 2.59. The molecule has 0 aliphatic rings. The molecule has 0 saturated carbocycles. The largest absolute Gasteiger partial charge is 0.308 e. The van der Waals surface area contributed by atoms with Gasteiger partial charge in [-0.2, -0.15) is 0 Å². The molecule has 0 amide bonds. The third-order valence-electron chi connectivity index (χ3n) is 2.34. The topological polar surface area (TPSA) is 12.0 Å². The molecule has 1 unspecified atom stereocenters. The highest BCUT2D eigenvalue weighted by molar-refractivity contribution is 9.11. The van der Waals surface area contributed by atoms with Gasteiger partial charge in [0.1, 0.15) is 0 Å².